The van der Waals surface area contributed by atoms with Crippen LogP contribution in [0.4, 0.5) is 27.7 Å². The maximum Gasteiger partial charge on any atom is 0.234 e. The highest BCUT2D eigenvalue weighted by Gasteiger charge is 2.08. The average Bonchev–Trinajstić information content (AvgIpc) is 2.63. The van der Waals surface area contributed by atoms with Crippen LogP contribution in [-0.4, -0.2) is 26.6 Å². The topological polar surface area (TPSA) is 106 Å². The van der Waals surface area contributed by atoms with Crippen molar-refractivity contribution in [2.45, 2.75) is 12.7 Å². The van der Waals surface area contributed by atoms with Crippen LogP contribution in [0.25, 0.3) is 0 Å². The Kier molecular flexibility index (Phi) is 6.38. The SMILES string of the molecule is Cc1ccc(Nc2nc(N)nc(CSCC(=O)Nc3cccc(F)c3)n2)cc1. The van der Waals surface area contributed by atoms with Crippen LogP contribution in [0.15, 0.2) is 48.5 Å². The molecule has 0 aliphatic carbocycles. The van der Waals surface area contributed by atoms with E-state index >= 15 is 0 Å². The monoisotopic (exact) mass is 398 g/mol. The van der Waals surface area contributed by atoms with Crippen molar-refractivity contribution in [1.82, 2.24) is 15.0 Å². The molecule has 0 unspecified atom stereocenters. The van der Waals surface area contributed by atoms with Gasteiger partial charge in [-0.15, -0.1) is 11.8 Å². The maximum absolute atomic E-state index is 13.1. The standard InChI is InChI=1S/C19H19FN6OS/c1-12-5-7-14(8-6-12)23-19-25-16(24-18(21)26-19)10-28-11-17(27)22-15-4-2-3-13(20)9-15/h2-9H,10-11H2,1H3,(H,22,27)(H3,21,23,24,25,26). The molecule has 1 aromatic heterocycles. The number of nitrogen functional groups attached to an aromatic ring is 1. The van der Waals surface area contributed by atoms with Gasteiger partial charge in [0.05, 0.1) is 11.5 Å². The van der Waals surface area contributed by atoms with Crippen LogP contribution < -0.4 is 16.4 Å². The lowest BCUT2D eigenvalue weighted by molar-refractivity contribution is -0.113. The molecule has 1 amide bonds. The van der Waals surface area contributed by atoms with Gasteiger partial charge in [0.25, 0.3) is 0 Å². The summed E-state index contributed by atoms with van der Waals surface area (Å²) < 4.78 is 13.1. The van der Waals surface area contributed by atoms with E-state index in [4.69, 9.17) is 5.73 Å². The molecular formula is C19H19FN6OS. The molecule has 0 radical (unpaired) electrons. The number of amides is 1. The Morgan fingerprint density at radius 1 is 1.11 bits per heavy atom. The molecule has 7 nitrogen and oxygen atoms in total. The molecule has 0 aliphatic rings. The zero-order valence-electron chi connectivity index (χ0n) is 15.1. The van der Waals surface area contributed by atoms with E-state index in [1.54, 1.807) is 6.07 Å². The highest BCUT2D eigenvalue weighted by atomic mass is 32.2. The summed E-state index contributed by atoms with van der Waals surface area (Å²) in [6.45, 7) is 2.00. The van der Waals surface area contributed by atoms with Gasteiger partial charge in [-0.2, -0.15) is 15.0 Å². The van der Waals surface area contributed by atoms with E-state index in [1.807, 2.05) is 31.2 Å². The number of carbonyl (C=O) groups excluding carboxylic acids is 1. The Morgan fingerprint density at radius 3 is 2.64 bits per heavy atom. The van der Waals surface area contributed by atoms with Crippen LogP contribution in [0.3, 0.4) is 0 Å². The number of aromatic nitrogens is 3. The van der Waals surface area contributed by atoms with Gasteiger partial charge in [0, 0.05) is 11.4 Å². The molecule has 0 spiro atoms. The highest BCUT2D eigenvalue weighted by Crippen LogP contribution is 2.17. The number of aryl methyl sites for hydroxylation is 1. The van der Waals surface area contributed by atoms with Crippen LogP contribution >= 0.6 is 11.8 Å². The largest absolute Gasteiger partial charge is 0.368 e. The van der Waals surface area contributed by atoms with Crippen molar-refractivity contribution in [3.05, 3.63) is 65.7 Å². The summed E-state index contributed by atoms with van der Waals surface area (Å²) >= 11 is 1.32. The van der Waals surface area contributed by atoms with Gasteiger partial charge in [-0.1, -0.05) is 23.8 Å². The second-order valence-electron chi connectivity index (χ2n) is 5.98. The molecule has 2 aromatic carbocycles. The predicted molar refractivity (Wildman–Crippen MR) is 110 cm³/mol. The second-order valence-corrected chi connectivity index (χ2v) is 6.96. The van der Waals surface area contributed by atoms with Gasteiger partial charge in [0.2, 0.25) is 17.8 Å². The predicted octanol–water partition coefficient (Wildman–Crippen LogP) is 3.52. The summed E-state index contributed by atoms with van der Waals surface area (Å²) in [5.41, 5.74) is 8.16. The number of nitrogens with zero attached hydrogens (tertiary/aromatic N) is 3. The van der Waals surface area contributed by atoms with Gasteiger partial charge in [0.1, 0.15) is 11.6 Å². The van der Waals surface area contributed by atoms with Gasteiger partial charge in [-0.25, -0.2) is 4.39 Å². The van der Waals surface area contributed by atoms with E-state index in [0.29, 0.717) is 23.2 Å². The van der Waals surface area contributed by atoms with Crippen molar-refractivity contribution in [3.63, 3.8) is 0 Å². The Hall–Kier alpha value is -3.20. The fourth-order valence-electron chi connectivity index (χ4n) is 2.32. The number of benzene rings is 2. The van der Waals surface area contributed by atoms with Gasteiger partial charge in [-0.3, -0.25) is 4.79 Å². The molecule has 144 valence electrons. The highest BCUT2D eigenvalue weighted by molar-refractivity contribution is 7.99. The Bertz CT molecular complexity index is 967. The first-order valence-corrected chi connectivity index (χ1v) is 9.61. The Morgan fingerprint density at radius 2 is 1.89 bits per heavy atom. The van der Waals surface area contributed by atoms with Crippen molar-refractivity contribution in [2.75, 3.05) is 22.1 Å². The van der Waals surface area contributed by atoms with E-state index in [-0.39, 0.29) is 17.6 Å². The zero-order valence-corrected chi connectivity index (χ0v) is 16.0. The lowest BCUT2D eigenvalue weighted by atomic mass is 10.2. The van der Waals surface area contributed by atoms with Gasteiger partial charge in [-0.05, 0) is 37.3 Å². The summed E-state index contributed by atoms with van der Waals surface area (Å²) in [5, 5.41) is 5.72. The Labute approximate surface area is 166 Å². The number of halogens is 1. The number of carbonyl (C=O) groups is 1. The first-order valence-electron chi connectivity index (χ1n) is 8.45. The van der Waals surface area contributed by atoms with Crippen molar-refractivity contribution in [1.29, 1.82) is 0 Å². The molecule has 28 heavy (non-hydrogen) atoms. The number of hydrogen-bond donors (Lipinski definition) is 3. The van der Waals surface area contributed by atoms with Gasteiger partial charge in [0.15, 0.2) is 0 Å². The Balaban J connectivity index is 1.54. The summed E-state index contributed by atoms with van der Waals surface area (Å²) in [5.74, 6) is 0.816. The molecule has 0 aliphatic heterocycles. The smallest absolute Gasteiger partial charge is 0.234 e. The normalized spacial score (nSPS) is 10.5. The summed E-state index contributed by atoms with van der Waals surface area (Å²) in [6, 6.07) is 13.5. The van der Waals surface area contributed by atoms with Crippen molar-refractivity contribution in [3.8, 4) is 0 Å². The van der Waals surface area contributed by atoms with Crippen molar-refractivity contribution < 1.29 is 9.18 Å². The van der Waals surface area contributed by atoms with Crippen LogP contribution in [0.1, 0.15) is 11.4 Å². The van der Waals surface area contributed by atoms with Crippen LogP contribution in [0.5, 0.6) is 0 Å². The lowest BCUT2D eigenvalue weighted by Crippen LogP contribution is -2.14. The van der Waals surface area contributed by atoms with Crippen LogP contribution in [0.2, 0.25) is 0 Å². The minimum atomic E-state index is -0.403. The van der Waals surface area contributed by atoms with Crippen molar-refractivity contribution >= 4 is 40.9 Å². The lowest BCUT2D eigenvalue weighted by Gasteiger charge is -2.08. The minimum absolute atomic E-state index is 0.101. The summed E-state index contributed by atoms with van der Waals surface area (Å²) in [7, 11) is 0. The molecule has 1 heterocycles. The van der Waals surface area contributed by atoms with E-state index in [1.165, 1.54) is 30.0 Å². The maximum atomic E-state index is 13.1. The fourth-order valence-corrected chi connectivity index (χ4v) is 2.99. The molecule has 0 saturated carbocycles. The van der Waals surface area contributed by atoms with E-state index in [9.17, 15) is 9.18 Å². The van der Waals surface area contributed by atoms with Gasteiger partial charge >= 0.3 is 0 Å². The molecule has 3 rings (SSSR count). The quantitative estimate of drug-likeness (QED) is 0.559. The van der Waals surface area contributed by atoms with Gasteiger partial charge < -0.3 is 16.4 Å². The third-order valence-corrected chi connectivity index (χ3v) is 4.51. The van der Waals surface area contributed by atoms with Crippen LogP contribution in [-0.2, 0) is 10.5 Å². The molecule has 0 bridgehead atoms. The van der Waals surface area contributed by atoms with E-state index in [2.05, 4.69) is 25.6 Å². The molecule has 0 fully saturated rings. The fraction of sp³-hybridized carbons (Fsp3) is 0.158. The molecule has 3 aromatic rings. The number of nitrogens with one attached hydrogen (secondary N) is 2. The third kappa shape index (κ3) is 5.92. The van der Waals surface area contributed by atoms with E-state index < -0.39 is 5.82 Å². The van der Waals surface area contributed by atoms with Crippen LogP contribution in [0, 0.1) is 12.7 Å². The molecule has 9 heteroatoms. The third-order valence-electron chi connectivity index (χ3n) is 3.58. The number of anilines is 4. The molecule has 4 N–H and O–H groups in total. The first kappa shape index (κ1) is 19.6. The number of rotatable bonds is 7. The average molecular weight is 398 g/mol. The molecule has 0 atom stereocenters. The molecular weight excluding hydrogens is 379 g/mol. The summed E-state index contributed by atoms with van der Waals surface area (Å²) in [4.78, 5) is 24.5. The first-order chi connectivity index (χ1) is 13.5. The zero-order chi connectivity index (χ0) is 19.9. The summed E-state index contributed by atoms with van der Waals surface area (Å²) in [6.07, 6.45) is 0. The van der Waals surface area contributed by atoms with Crippen molar-refractivity contribution in [2.24, 2.45) is 0 Å². The van der Waals surface area contributed by atoms with E-state index in [0.717, 1.165) is 11.3 Å². The molecule has 0 saturated heterocycles. The minimum Gasteiger partial charge on any atom is -0.368 e. The number of nitrogens with two attached hydrogens (primary N) is 1. The number of thioether (sulfide) groups is 1. The number of hydrogen-bond acceptors (Lipinski definition) is 7. The second kappa shape index (κ2) is 9.14.